The Morgan fingerprint density at radius 2 is 1.46 bits per heavy atom. The fourth-order valence-electron chi connectivity index (χ4n) is 13.4. The molecule has 100 heavy (non-hydrogen) atoms. The topological polar surface area (TPSA) is 347 Å². The number of rotatable bonds is 13. The van der Waals surface area contributed by atoms with Crippen LogP contribution in [0.2, 0.25) is 0 Å². The zero-order chi connectivity index (χ0) is 71.9. The van der Waals surface area contributed by atoms with Crippen molar-refractivity contribution in [1.82, 2.24) is 46.7 Å². The number of aliphatic hydroxyl groups is 1. The molecule has 2 bridgehead atoms. The first-order valence-corrected chi connectivity index (χ1v) is 36.1. The van der Waals surface area contributed by atoms with Crippen molar-refractivity contribution in [3.63, 3.8) is 0 Å². The van der Waals surface area contributed by atoms with Gasteiger partial charge < -0.3 is 68.0 Å². The van der Waals surface area contributed by atoms with Crippen LogP contribution >= 0.6 is 23.5 Å². The number of H-pyrrole nitrogens is 1. The van der Waals surface area contributed by atoms with Crippen LogP contribution in [0.5, 0.6) is 5.75 Å². The molecule has 2 fully saturated rings. The number of allylic oxidation sites excluding steroid dienone is 1. The number of benzene rings is 4. The summed E-state index contributed by atoms with van der Waals surface area (Å²) >= 11 is 2.54. The van der Waals surface area contributed by atoms with Crippen molar-refractivity contribution in [3.05, 3.63) is 142 Å². The average molecular weight is 1420 g/mol. The number of fused-ring (bicyclic) bond motifs is 6. The first kappa shape index (κ1) is 75.5. The van der Waals surface area contributed by atoms with Crippen LogP contribution in [-0.4, -0.2) is 171 Å². The molecule has 0 saturated carbocycles. The molecule has 9 rings (SSSR count). The maximum absolute atomic E-state index is 15.5. The highest BCUT2D eigenvalue weighted by atomic mass is 32.2. The molecule has 28 heteroatoms. The minimum absolute atomic E-state index is 0.0269. The van der Waals surface area contributed by atoms with Crippen LogP contribution in [0.1, 0.15) is 118 Å². The molecule has 0 unspecified atom stereocenters. The number of primary amides is 1. The third kappa shape index (κ3) is 19.2. The van der Waals surface area contributed by atoms with E-state index in [1.807, 2.05) is 0 Å². The molecule has 536 valence electrons. The number of aliphatic hydroxyl groups excluding tert-OH is 1. The summed E-state index contributed by atoms with van der Waals surface area (Å²) in [6, 6.07) is 9.76. The molecule has 9 amide bonds. The van der Waals surface area contributed by atoms with Gasteiger partial charge in [-0.1, -0.05) is 30.3 Å². The molecule has 4 aliphatic rings. The number of amides is 9. The minimum Gasteiger partial charge on any atom is -0.497 e. The number of nitrogens with one attached hydrogen (secondary N) is 7. The van der Waals surface area contributed by atoms with E-state index >= 15 is 23.2 Å². The predicted octanol–water partition coefficient (Wildman–Crippen LogP) is 4.85. The zero-order valence-electron chi connectivity index (χ0n) is 56.4. The summed E-state index contributed by atoms with van der Waals surface area (Å²) in [5.74, 6) is -9.31. The molecular weight excluding hydrogens is 1330 g/mol. The molecule has 4 heterocycles. The molecule has 23 nitrogen and oxygen atoms in total. The van der Waals surface area contributed by atoms with E-state index in [1.54, 1.807) is 48.7 Å². The summed E-state index contributed by atoms with van der Waals surface area (Å²) in [6.45, 7) is 4.53. The van der Waals surface area contributed by atoms with Gasteiger partial charge in [-0.05, 0) is 179 Å². The molecular formula is C72H88F3N11O12S2. The Hall–Kier alpha value is -8.73. The Morgan fingerprint density at radius 3 is 2.18 bits per heavy atom. The summed E-state index contributed by atoms with van der Waals surface area (Å²) in [6.07, 6.45) is 2.84. The Kier molecular flexibility index (Phi) is 26.1. The van der Waals surface area contributed by atoms with E-state index in [2.05, 4.69) is 36.9 Å². The van der Waals surface area contributed by atoms with Gasteiger partial charge in [0.25, 0.3) is 0 Å². The highest BCUT2D eigenvalue weighted by Crippen LogP contribution is 2.35. The van der Waals surface area contributed by atoms with E-state index in [0.29, 0.717) is 88.0 Å². The molecule has 0 spiro atoms. The maximum Gasteiger partial charge on any atom is 0.246 e. The van der Waals surface area contributed by atoms with Crippen molar-refractivity contribution < 1.29 is 71.0 Å². The van der Waals surface area contributed by atoms with Crippen LogP contribution < -0.4 is 48.1 Å². The number of nitrogens with zero attached hydrogens (tertiary/aromatic N) is 2. The molecule has 4 aromatic carbocycles. The SMILES string of the molecule is COc1ccc(C[C@@H]2NC(=O)[C@H]([C@@H](C)O)NC(=O)[C@@H]3CCCN3C(=O)[C@H](CC3=CCc4ccc(F)cc43)NC(=O)[C@H](Cc3c[nH]c4ccc(F)cc34)CC(=O)[C@@H](C)NC(=O)[C@H](CCCCN)NC(=O)CCSCc3cc(F)cc(c3)CSC[C@@H](C(N)=O)NC(=O)[C@]3(C)CCCN3C2=O)cc1. The normalized spacial score (nSPS) is 25.1. The first-order chi connectivity index (χ1) is 47.8. The fourth-order valence-corrected chi connectivity index (χ4v) is 15.2. The van der Waals surface area contributed by atoms with Gasteiger partial charge in [0, 0.05) is 84.8 Å². The molecule has 1 aliphatic carbocycles. The number of carbonyl (C=O) groups excluding carboxylic acids is 10. The van der Waals surface area contributed by atoms with Gasteiger partial charge in [0.15, 0.2) is 5.78 Å². The zero-order valence-corrected chi connectivity index (χ0v) is 58.1. The van der Waals surface area contributed by atoms with E-state index in [-0.39, 0.29) is 81.7 Å². The number of ether oxygens (including phenoxy) is 1. The number of unbranched alkanes of at least 4 members (excludes halogenated alkanes) is 1. The Morgan fingerprint density at radius 1 is 0.750 bits per heavy atom. The van der Waals surface area contributed by atoms with Crippen LogP contribution in [-0.2, 0) is 78.7 Å². The maximum atomic E-state index is 15.5. The predicted molar refractivity (Wildman–Crippen MR) is 373 cm³/mol. The Balaban J connectivity index is 1.05. The summed E-state index contributed by atoms with van der Waals surface area (Å²) in [7, 11) is 1.48. The number of halogens is 3. The van der Waals surface area contributed by atoms with Crippen molar-refractivity contribution >= 4 is 98.9 Å². The Bertz CT molecular complexity index is 3900. The third-order valence-corrected chi connectivity index (χ3v) is 21.1. The Labute approximate surface area is 586 Å². The molecule has 5 aromatic rings. The number of thioether (sulfide) groups is 2. The standard InChI is InChI=1S/C72H88F3N11O12S2/c1-40-61(88)33-47(31-48-36-78-55-20-17-50(74)35-54(48)55)65(91)81-58(32-46-14-13-45-15-16-49(73)34-53(45)46)69(95)85-24-7-10-60(85)67(93)84-63(41(2)87)68(94)82-57(30-42-11-18-52(98-4)19-12-42)70(96)86-25-8-22-72(86,3)71(97)83-59(64(77)90)39-100-38-44-27-43(28-51(75)29-44)37-99-26-21-62(89)80-56(66(92)79-40)9-5-6-23-76/h11-12,14-20,27-29,34-36,40-41,47,56-60,63,78,87H,5-10,13,21-26,30-33,37-39,76H2,1-4H3,(H2,77,90)(H,79,92)(H,80,89)(H,81,91)(H,82,94)(H,83,97)(H,84,93)/t40-,41-,47-,56+,57+,58+,59+,60+,63+,72+/m1/s1. The van der Waals surface area contributed by atoms with Crippen LogP contribution in [0.25, 0.3) is 16.5 Å². The van der Waals surface area contributed by atoms with Crippen LogP contribution in [0.4, 0.5) is 13.2 Å². The number of nitrogens with two attached hydrogens (primary N) is 2. The van der Waals surface area contributed by atoms with Crippen molar-refractivity contribution in [2.75, 3.05) is 38.2 Å². The smallest absolute Gasteiger partial charge is 0.246 e. The van der Waals surface area contributed by atoms with E-state index in [0.717, 1.165) is 5.56 Å². The highest BCUT2D eigenvalue weighted by Gasteiger charge is 2.49. The monoisotopic (exact) mass is 1420 g/mol. The third-order valence-electron chi connectivity index (χ3n) is 19.0. The molecule has 3 aliphatic heterocycles. The van der Waals surface area contributed by atoms with Crippen molar-refractivity contribution in [1.29, 1.82) is 0 Å². The van der Waals surface area contributed by atoms with Crippen LogP contribution in [0.15, 0.2) is 91.1 Å². The first-order valence-electron chi connectivity index (χ1n) is 33.8. The quantitative estimate of drug-likeness (QED) is 0.0705. The van der Waals surface area contributed by atoms with Gasteiger partial charge in [-0.25, -0.2) is 13.2 Å². The second kappa shape index (κ2) is 34.6. The van der Waals surface area contributed by atoms with E-state index < -0.39 is 143 Å². The fraction of sp³-hybridized carbons (Fsp3) is 0.472. The van der Waals surface area contributed by atoms with Crippen molar-refractivity contribution in [2.45, 2.75) is 170 Å². The lowest BCUT2D eigenvalue weighted by atomic mass is 9.90. The number of aromatic nitrogens is 1. The minimum atomic E-state index is -1.76. The van der Waals surface area contributed by atoms with Gasteiger partial charge in [0.05, 0.1) is 19.3 Å². The molecule has 1 aromatic heterocycles. The van der Waals surface area contributed by atoms with Gasteiger partial charge >= 0.3 is 0 Å². The summed E-state index contributed by atoms with van der Waals surface area (Å²) < 4.78 is 50.5. The summed E-state index contributed by atoms with van der Waals surface area (Å²) in [5, 5.41) is 28.3. The number of ketones is 1. The largest absolute Gasteiger partial charge is 0.497 e. The average Bonchev–Trinajstić information content (AvgIpc) is 1.58. The van der Waals surface area contributed by atoms with E-state index in [1.165, 1.54) is 104 Å². The molecule has 10 atom stereocenters. The summed E-state index contributed by atoms with van der Waals surface area (Å²) in [5.41, 5.74) is 14.5. The second-order valence-electron chi connectivity index (χ2n) is 26.3. The number of carbonyl (C=O) groups is 10. The lowest BCUT2D eigenvalue weighted by Gasteiger charge is -2.37. The lowest BCUT2D eigenvalue weighted by Crippen LogP contribution is -2.64. The molecule has 2 saturated heterocycles. The van der Waals surface area contributed by atoms with Gasteiger partial charge in [-0.2, -0.15) is 23.5 Å². The number of Topliss-reactive ketones (excluding diaryl/α,β-unsaturated/α-hetero) is 1. The number of aromatic amines is 1. The number of hydrogen-bond donors (Lipinski definition) is 10. The number of hydrogen-bond acceptors (Lipinski definition) is 15. The van der Waals surface area contributed by atoms with Gasteiger partial charge in [0.1, 0.15) is 65.0 Å². The molecule has 12 N–H and O–H groups in total. The van der Waals surface area contributed by atoms with Crippen LogP contribution in [0, 0.1) is 23.4 Å². The van der Waals surface area contributed by atoms with Crippen molar-refractivity contribution in [2.24, 2.45) is 17.4 Å². The lowest BCUT2D eigenvalue weighted by molar-refractivity contribution is -0.147. The van der Waals surface area contributed by atoms with Crippen molar-refractivity contribution in [3.8, 4) is 5.75 Å². The summed E-state index contributed by atoms with van der Waals surface area (Å²) in [4.78, 5) is 151. The van der Waals surface area contributed by atoms with Gasteiger partial charge in [-0.15, -0.1) is 0 Å². The van der Waals surface area contributed by atoms with E-state index in [9.17, 15) is 43.1 Å². The van der Waals surface area contributed by atoms with E-state index in [4.69, 9.17) is 16.2 Å². The van der Waals surface area contributed by atoms with Gasteiger partial charge in [0.2, 0.25) is 53.2 Å². The second-order valence-corrected chi connectivity index (χ2v) is 28.5. The highest BCUT2D eigenvalue weighted by molar-refractivity contribution is 7.98. The van der Waals surface area contributed by atoms with Gasteiger partial charge in [-0.3, -0.25) is 47.9 Å². The van der Waals surface area contributed by atoms with Crippen LogP contribution in [0.3, 0.4) is 0 Å². The number of methoxy groups -OCH3 is 1. The molecule has 0 radical (unpaired) electrons.